The summed E-state index contributed by atoms with van der Waals surface area (Å²) in [6, 6.07) is 8.39. The van der Waals surface area contributed by atoms with Crippen LogP contribution in [0.5, 0.6) is 0 Å². The zero-order valence-corrected chi connectivity index (χ0v) is 16.8. The number of H-pyrrole nitrogens is 1. The summed E-state index contributed by atoms with van der Waals surface area (Å²) in [5.41, 5.74) is 7.72. The molecule has 0 saturated heterocycles. The highest BCUT2D eigenvalue weighted by molar-refractivity contribution is 5.85. The number of aryl methyl sites for hydroxylation is 1. The highest BCUT2D eigenvalue weighted by atomic mass is 16.4. The lowest BCUT2D eigenvalue weighted by Crippen LogP contribution is -2.42. The van der Waals surface area contributed by atoms with Crippen LogP contribution in [0.1, 0.15) is 35.1 Å². The number of aromatic amines is 1. The molecule has 160 valence electrons. The first-order valence-electron chi connectivity index (χ1n) is 9.62. The molecule has 2 rings (SSSR count). The Kier molecular flexibility index (Phi) is 8.16. The van der Waals surface area contributed by atoms with Gasteiger partial charge in [0.15, 0.2) is 5.96 Å². The molecule has 0 radical (unpaired) electrons. The van der Waals surface area contributed by atoms with Crippen molar-refractivity contribution in [1.29, 1.82) is 5.41 Å². The van der Waals surface area contributed by atoms with Gasteiger partial charge in [-0.15, -0.1) is 0 Å². The number of benzene rings is 1. The molecule has 0 saturated carbocycles. The maximum atomic E-state index is 12.6. The van der Waals surface area contributed by atoms with Gasteiger partial charge >= 0.3 is 5.97 Å². The summed E-state index contributed by atoms with van der Waals surface area (Å²) in [5, 5.41) is 21.6. The average Bonchev–Trinajstić information content (AvgIpc) is 2.70. The Morgan fingerprint density at radius 2 is 1.93 bits per heavy atom. The van der Waals surface area contributed by atoms with E-state index in [9.17, 15) is 19.5 Å². The molecule has 1 aromatic carbocycles. The molecule has 1 aromatic heterocycles. The maximum absolute atomic E-state index is 12.6. The number of carbonyl (C=O) groups is 2. The fraction of sp³-hybridized carbons (Fsp3) is 0.333. The van der Waals surface area contributed by atoms with Crippen molar-refractivity contribution in [2.24, 2.45) is 5.73 Å². The molecule has 9 heteroatoms. The van der Waals surface area contributed by atoms with E-state index in [4.69, 9.17) is 11.1 Å². The van der Waals surface area contributed by atoms with Gasteiger partial charge in [0.2, 0.25) is 5.91 Å². The van der Waals surface area contributed by atoms with Crippen molar-refractivity contribution in [3.63, 3.8) is 0 Å². The second-order valence-electron chi connectivity index (χ2n) is 7.04. The third-order valence-corrected chi connectivity index (χ3v) is 4.71. The van der Waals surface area contributed by atoms with Crippen molar-refractivity contribution >= 4 is 17.8 Å². The predicted molar refractivity (Wildman–Crippen MR) is 113 cm³/mol. The lowest BCUT2D eigenvalue weighted by molar-refractivity contribution is -0.141. The molecule has 0 aliphatic heterocycles. The third kappa shape index (κ3) is 6.77. The summed E-state index contributed by atoms with van der Waals surface area (Å²) in [7, 11) is 0. The molecule has 1 atom stereocenters. The lowest BCUT2D eigenvalue weighted by Gasteiger charge is -2.16. The number of hydrogen-bond acceptors (Lipinski definition) is 4. The van der Waals surface area contributed by atoms with E-state index in [0.29, 0.717) is 30.5 Å². The molecule has 0 aliphatic carbocycles. The summed E-state index contributed by atoms with van der Waals surface area (Å²) in [6.45, 7) is 2.14. The van der Waals surface area contributed by atoms with Crippen LogP contribution in [-0.4, -0.2) is 40.5 Å². The number of rotatable bonds is 10. The van der Waals surface area contributed by atoms with Crippen molar-refractivity contribution in [3.8, 4) is 0 Å². The van der Waals surface area contributed by atoms with Gasteiger partial charge in [0.25, 0.3) is 5.56 Å². The number of nitrogens with two attached hydrogens (primary N) is 1. The minimum atomic E-state index is -1.14. The van der Waals surface area contributed by atoms with Crippen molar-refractivity contribution in [2.75, 3.05) is 6.54 Å². The first-order chi connectivity index (χ1) is 14.3. The molecule has 0 spiro atoms. The molecular weight excluding hydrogens is 386 g/mol. The molecule has 1 amide bonds. The second-order valence-corrected chi connectivity index (χ2v) is 7.04. The van der Waals surface area contributed by atoms with Gasteiger partial charge in [-0.05, 0) is 36.5 Å². The van der Waals surface area contributed by atoms with Gasteiger partial charge < -0.3 is 26.5 Å². The Bertz CT molecular complexity index is 956. The van der Waals surface area contributed by atoms with Gasteiger partial charge in [0.1, 0.15) is 6.04 Å². The van der Waals surface area contributed by atoms with Crippen molar-refractivity contribution < 1.29 is 14.7 Å². The molecule has 0 bridgehead atoms. The lowest BCUT2D eigenvalue weighted by atomic mass is 9.96. The van der Waals surface area contributed by atoms with Crippen LogP contribution in [-0.2, 0) is 22.4 Å². The molecule has 9 nitrogen and oxygen atoms in total. The largest absolute Gasteiger partial charge is 0.480 e. The molecule has 30 heavy (non-hydrogen) atoms. The Morgan fingerprint density at radius 1 is 1.23 bits per heavy atom. The molecule has 7 N–H and O–H groups in total. The average molecular weight is 413 g/mol. The van der Waals surface area contributed by atoms with Gasteiger partial charge in [0.05, 0.1) is 6.42 Å². The number of carboxylic acids is 1. The molecule has 0 fully saturated rings. The maximum Gasteiger partial charge on any atom is 0.326 e. The molecule has 0 unspecified atom stereocenters. The first kappa shape index (κ1) is 22.7. The van der Waals surface area contributed by atoms with Gasteiger partial charge in [-0.1, -0.05) is 30.3 Å². The molecule has 0 aliphatic rings. The Labute approximate surface area is 174 Å². The van der Waals surface area contributed by atoms with Crippen LogP contribution in [0.2, 0.25) is 0 Å². The quantitative estimate of drug-likeness (QED) is 0.190. The van der Waals surface area contributed by atoms with E-state index >= 15 is 0 Å². The van der Waals surface area contributed by atoms with Crippen LogP contribution >= 0.6 is 0 Å². The fourth-order valence-corrected chi connectivity index (χ4v) is 3.15. The van der Waals surface area contributed by atoms with Crippen LogP contribution in [0.3, 0.4) is 0 Å². The normalized spacial score (nSPS) is 11.5. The Balaban J connectivity index is 2.11. The minimum Gasteiger partial charge on any atom is -0.480 e. The fourth-order valence-electron chi connectivity index (χ4n) is 3.15. The van der Waals surface area contributed by atoms with E-state index in [1.165, 1.54) is 0 Å². The van der Waals surface area contributed by atoms with E-state index in [-0.39, 0.29) is 24.4 Å². The SMILES string of the molecule is Cc1c[nH]c(=O)c(Cc2ccccc2)c1CC(=O)N[C@@H](CCCNC(=N)N)C(=O)O. The van der Waals surface area contributed by atoms with Gasteiger partial charge in [-0.2, -0.15) is 0 Å². The van der Waals surface area contributed by atoms with Crippen LogP contribution in [0.15, 0.2) is 41.3 Å². The predicted octanol–water partition coefficient (Wildman–Crippen LogP) is 0.649. The summed E-state index contributed by atoms with van der Waals surface area (Å²) in [6.07, 6.45) is 2.45. The number of hydrogen-bond donors (Lipinski definition) is 6. The van der Waals surface area contributed by atoms with E-state index in [1.54, 1.807) is 13.1 Å². The van der Waals surface area contributed by atoms with Crippen LogP contribution in [0.25, 0.3) is 0 Å². The number of guanidine groups is 1. The Hall–Kier alpha value is -3.62. The summed E-state index contributed by atoms with van der Waals surface area (Å²) in [4.78, 5) is 39.2. The van der Waals surface area contributed by atoms with E-state index in [0.717, 1.165) is 11.1 Å². The summed E-state index contributed by atoms with van der Waals surface area (Å²) in [5.74, 6) is -1.80. The Morgan fingerprint density at radius 3 is 2.57 bits per heavy atom. The minimum absolute atomic E-state index is 0.0899. The standard InChI is InChI=1S/C21H27N5O4/c1-13-12-25-19(28)16(10-14-6-3-2-4-7-14)15(13)11-18(27)26-17(20(29)30)8-5-9-24-21(22)23/h2-4,6-7,12,17H,5,8-11H2,1H3,(H,25,28)(H,26,27)(H,29,30)(H4,22,23,24)/t17-/m0/s1. The number of carbonyl (C=O) groups excluding carboxylic acids is 1. The van der Waals surface area contributed by atoms with Crippen LogP contribution in [0, 0.1) is 12.3 Å². The first-order valence-corrected chi connectivity index (χ1v) is 9.62. The number of nitrogens with one attached hydrogen (secondary N) is 4. The van der Waals surface area contributed by atoms with Crippen LogP contribution in [0.4, 0.5) is 0 Å². The zero-order chi connectivity index (χ0) is 22.1. The highest BCUT2D eigenvalue weighted by Gasteiger charge is 2.21. The van der Waals surface area contributed by atoms with E-state index in [2.05, 4.69) is 15.6 Å². The number of aromatic nitrogens is 1. The monoisotopic (exact) mass is 413 g/mol. The summed E-state index contributed by atoms with van der Waals surface area (Å²) < 4.78 is 0. The van der Waals surface area contributed by atoms with Crippen molar-refractivity contribution in [1.82, 2.24) is 15.6 Å². The topological polar surface area (TPSA) is 161 Å². The number of pyridine rings is 1. The second kappa shape index (κ2) is 10.8. The van der Waals surface area contributed by atoms with Gasteiger partial charge in [-0.25, -0.2) is 4.79 Å². The summed E-state index contributed by atoms with van der Waals surface area (Å²) >= 11 is 0. The van der Waals surface area contributed by atoms with Gasteiger partial charge in [0, 0.05) is 24.7 Å². The van der Waals surface area contributed by atoms with Gasteiger partial charge in [-0.3, -0.25) is 15.0 Å². The number of aliphatic carboxylic acids is 1. The van der Waals surface area contributed by atoms with Crippen LogP contribution < -0.4 is 21.9 Å². The smallest absolute Gasteiger partial charge is 0.326 e. The van der Waals surface area contributed by atoms with Crippen molar-refractivity contribution in [2.45, 2.75) is 38.6 Å². The molecule has 2 aromatic rings. The molecule has 1 heterocycles. The number of carboxylic acid groups (broad SMARTS) is 1. The molecular formula is C21H27N5O4. The van der Waals surface area contributed by atoms with E-state index in [1.807, 2.05) is 30.3 Å². The third-order valence-electron chi connectivity index (χ3n) is 4.71. The van der Waals surface area contributed by atoms with E-state index < -0.39 is 17.9 Å². The number of amides is 1. The van der Waals surface area contributed by atoms with Crippen molar-refractivity contribution in [3.05, 3.63) is 69.1 Å². The highest BCUT2D eigenvalue weighted by Crippen LogP contribution is 2.15. The zero-order valence-electron chi connectivity index (χ0n) is 16.8.